The molecule has 0 unspecified atom stereocenters. The lowest BCUT2D eigenvalue weighted by atomic mass is 9.85. The molecular formula is C65H50N4O. The monoisotopic (exact) mass is 914 g/mol. The van der Waals surface area contributed by atoms with Gasteiger partial charge >= 0.3 is 0 Å². The smallest absolute Gasteiger partial charge is 0.269 e. The fourth-order valence-corrected chi connectivity index (χ4v) is 9.24. The lowest BCUT2D eigenvalue weighted by Crippen LogP contribution is -2.31. The summed E-state index contributed by atoms with van der Waals surface area (Å²) in [5, 5.41) is 1.89. The van der Waals surface area contributed by atoms with Crippen LogP contribution < -0.4 is 9.30 Å². The molecule has 70 heavy (non-hydrogen) atoms. The molecule has 12 aromatic rings. The van der Waals surface area contributed by atoms with Crippen LogP contribution in [0.3, 0.4) is 0 Å². The van der Waals surface area contributed by atoms with Crippen LogP contribution in [0.15, 0.2) is 236 Å². The van der Waals surface area contributed by atoms with Crippen molar-refractivity contribution in [2.24, 2.45) is 5.41 Å². The van der Waals surface area contributed by atoms with Gasteiger partial charge in [0.1, 0.15) is 17.3 Å². The summed E-state index contributed by atoms with van der Waals surface area (Å²) >= 11 is 0. The quantitative estimate of drug-likeness (QED) is 0.101. The molecule has 0 bridgehead atoms. The van der Waals surface area contributed by atoms with Gasteiger partial charge in [-0.1, -0.05) is 196 Å². The lowest BCUT2D eigenvalue weighted by molar-refractivity contribution is -0.571. The molecule has 9 aromatic carbocycles. The van der Waals surface area contributed by atoms with Gasteiger partial charge in [0.15, 0.2) is 0 Å². The molecular weight excluding hydrogens is 853 g/mol. The summed E-state index contributed by atoms with van der Waals surface area (Å²) in [4.78, 5) is 5.09. The number of rotatable bonds is 10. The number of ether oxygens (including phenoxy) is 1. The molecule has 12 rings (SSSR count). The molecule has 0 aliphatic carbocycles. The van der Waals surface area contributed by atoms with Crippen LogP contribution in [0.2, 0.25) is 0 Å². The van der Waals surface area contributed by atoms with Crippen LogP contribution in [-0.2, 0) is 6.37 Å². The summed E-state index contributed by atoms with van der Waals surface area (Å²) in [6.45, 7) is 5.70. The minimum atomic E-state index is -1.78. The topological polar surface area (TPSA) is 35.9 Å². The minimum Gasteiger partial charge on any atom is -0.458 e. The van der Waals surface area contributed by atoms with Crippen molar-refractivity contribution in [1.29, 1.82) is 0 Å². The maximum Gasteiger partial charge on any atom is 0.269 e. The van der Waals surface area contributed by atoms with Crippen molar-refractivity contribution in [3.63, 3.8) is 0 Å². The molecule has 0 saturated carbocycles. The molecule has 0 radical (unpaired) electrons. The van der Waals surface area contributed by atoms with E-state index in [2.05, 4.69) is 41.2 Å². The second-order valence-corrected chi connectivity index (χ2v) is 18.0. The first-order valence-corrected chi connectivity index (χ1v) is 23.0. The van der Waals surface area contributed by atoms with Crippen LogP contribution in [0, 0.1) is 11.7 Å². The zero-order chi connectivity index (χ0) is 57.7. The van der Waals surface area contributed by atoms with Crippen LogP contribution in [0.1, 0.15) is 42.8 Å². The molecule has 5 heteroatoms. The number of nitrogens with zero attached hydrogens (tertiary/aromatic N) is 4. The Balaban J connectivity index is 1.02. The summed E-state index contributed by atoms with van der Waals surface area (Å²) in [5.74, 6) is 1.48. The Labute approximate surface area is 425 Å². The van der Waals surface area contributed by atoms with Crippen molar-refractivity contribution < 1.29 is 25.8 Å². The van der Waals surface area contributed by atoms with Gasteiger partial charge < -0.3 is 4.74 Å². The number of imidazole rings is 1. The first kappa shape index (κ1) is 31.3. The molecule has 0 aliphatic rings. The van der Waals surface area contributed by atoms with Crippen molar-refractivity contribution >= 4 is 32.8 Å². The van der Waals surface area contributed by atoms with Gasteiger partial charge in [-0.25, -0.2) is 4.98 Å². The van der Waals surface area contributed by atoms with Gasteiger partial charge in [0.2, 0.25) is 0 Å². The van der Waals surface area contributed by atoms with Crippen LogP contribution in [0.5, 0.6) is 11.5 Å². The van der Waals surface area contributed by atoms with Crippen molar-refractivity contribution in [2.75, 3.05) is 0 Å². The van der Waals surface area contributed by atoms with Crippen molar-refractivity contribution in [3.8, 4) is 73.2 Å². The number of fused-ring (bicyclic) bond motifs is 4. The maximum absolute atomic E-state index is 9.61. The Morgan fingerprint density at radius 3 is 1.91 bits per heavy atom. The number of aromatic nitrogens is 4. The molecule has 3 heterocycles. The van der Waals surface area contributed by atoms with E-state index < -0.39 is 72.2 Å². The van der Waals surface area contributed by atoms with Gasteiger partial charge in [0, 0.05) is 31.3 Å². The highest BCUT2D eigenvalue weighted by atomic mass is 16.5. The van der Waals surface area contributed by atoms with Crippen LogP contribution in [0.4, 0.5) is 0 Å². The average Bonchev–Trinajstić information content (AvgIpc) is 4.23. The number of pyridine rings is 1. The summed E-state index contributed by atoms with van der Waals surface area (Å²) in [7, 11) is 0. The van der Waals surface area contributed by atoms with E-state index in [0.29, 0.717) is 45.2 Å². The van der Waals surface area contributed by atoms with E-state index >= 15 is 0 Å². The van der Waals surface area contributed by atoms with Crippen molar-refractivity contribution in [2.45, 2.75) is 27.1 Å². The third-order valence-corrected chi connectivity index (χ3v) is 12.2. The molecule has 0 saturated heterocycles. The lowest BCUT2D eigenvalue weighted by Gasteiger charge is -2.21. The van der Waals surface area contributed by atoms with E-state index in [1.165, 1.54) is 0 Å². The molecule has 0 aliphatic heterocycles. The van der Waals surface area contributed by atoms with Crippen molar-refractivity contribution in [1.82, 2.24) is 14.1 Å². The Morgan fingerprint density at radius 1 is 0.543 bits per heavy atom. The predicted octanol–water partition coefficient (Wildman–Crippen LogP) is 16.2. The molecule has 0 fully saturated rings. The van der Waals surface area contributed by atoms with Crippen molar-refractivity contribution in [3.05, 3.63) is 248 Å². The molecule has 0 N–H and O–H groups in total. The van der Waals surface area contributed by atoms with Crippen LogP contribution in [0.25, 0.3) is 94.5 Å². The van der Waals surface area contributed by atoms with E-state index in [-0.39, 0.29) is 27.9 Å². The second kappa shape index (κ2) is 17.7. The Bertz CT molecular complexity index is 4430. The maximum atomic E-state index is 9.61. The number of benzene rings is 9. The SMILES string of the molecule is [2H]c1c([2H])c([2H])c(-c2cccc(-c3c([2H])c([2H])c([2H])c([2H])c3[2H])c2-[n+]2[c-]n(-c3cccc(Oc4ccc5c6cc(-c7ccccc7)ccc6n(-c6cc(C([2H])([2H])C(C)(C)C)c(-c7ccccc7)cn6)c5c4)c3)c3ccccc32)c([2H])c1[2H]. The summed E-state index contributed by atoms with van der Waals surface area (Å²) < 4.78 is 119. The number of hydrogen-bond donors (Lipinski definition) is 0. The predicted molar refractivity (Wildman–Crippen MR) is 287 cm³/mol. The van der Waals surface area contributed by atoms with E-state index in [4.69, 9.17) is 23.4 Å². The normalized spacial score (nSPS) is 14.3. The van der Waals surface area contributed by atoms with Gasteiger partial charge in [-0.3, -0.25) is 13.7 Å². The number of para-hydroxylation sites is 3. The fraction of sp³-hybridized carbons (Fsp3) is 0.0769. The first-order chi connectivity index (χ1) is 39.2. The van der Waals surface area contributed by atoms with E-state index in [1.54, 1.807) is 39.6 Å². The molecule has 0 atom stereocenters. The molecule has 336 valence electrons. The Morgan fingerprint density at radius 2 is 1.20 bits per heavy atom. The van der Waals surface area contributed by atoms with Crippen LogP contribution in [-0.4, -0.2) is 14.1 Å². The van der Waals surface area contributed by atoms with E-state index in [0.717, 1.165) is 38.5 Å². The highest BCUT2D eigenvalue weighted by Gasteiger charge is 2.22. The summed E-state index contributed by atoms with van der Waals surface area (Å²) in [6.07, 6.45) is 3.43. The van der Waals surface area contributed by atoms with Crippen LogP contribution >= 0.6 is 0 Å². The Hall–Kier alpha value is -8.80. The van der Waals surface area contributed by atoms with Gasteiger partial charge in [0.25, 0.3) is 6.33 Å². The second-order valence-electron chi connectivity index (χ2n) is 18.0. The third-order valence-electron chi connectivity index (χ3n) is 12.2. The fourth-order valence-electron chi connectivity index (χ4n) is 9.24. The Kier molecular flexibility index (Phi) is 7.91. The summed E-state index contributed by atoms with van der Waals surface area (Å²) in [5.41, 5.74) is 6.87. The largest absolute Gasteiger partial charge is 0.458 e. The third kappa shape index (κ3) is 8.01. The number of hydrogen-bond acceptors (Lipinski definition) is 2. The van der Waals surface area contributed by atoms with Gasteiger partial charge in [-0.2, -0.15) is 0 Å². The first-order valence-electron chi connectivity index (χ1n) is 29.0. The molecule has 3 aromatic heterocycles. The molecule has 0 spiro atoms. The zero-order valence-corrected chi connectivity index (χ0v) is 38.4. The molecule has 0 amide bonds. The summed E-state index contributed by atoms with van der Waals surface area (Å²) in [6, 6.07) is 48.0. The standard InChI is InChI=1S/C65H50N4O/c1-65(2,3)42-50-39-63(66-43-58(50)48-26-14-7-15-27-48)69-59-37-34-49(45-20-8-4-9-21-45)38-57(59)56-36-35-53(41-62(56)69)70-52-29-18-28-51(40-52)67-44-68(61-33-17-16-32-60(61)67)64-54(46-22-10-5-11-23-46)30-19-31-55(64)47-24-12-6-13-25-47/h4-41,43H,42H2,1-3H3/i5D,6D,10D,11D,12D,13D,22D,23D,24D,25D,42D2. The molecule has 5 nitrogen and oxygen atoms in total. The minimum absolute atomic E-state index is 0.137. The van der Waals surface area contributed by atoms with Gasteiger partial charge in [-0.05, 0) is 105 Å². The highest BCUT2D eigenvalue weighted by molar-refractivity contribution is 6.10. The van der Waals surface area contributed by atoms with Gasteiger partial charge in [-0.15, -0.1) is 0 Å². The van der Waals surface area contributed by atoms with E-state index in [1.807, 2.05) is 136 Å². The zero-order valence-electron chi connectivity index (χ0n) is 50.4. The average molecular weight is 915 g/mol. The van der Waals surface area contributed by atoms with E-state index in [9.17, 15) is 2.74 Å². The van der Waals surface area contributed by atoms with Gasteiger partial charge in [0.05, 0.1) is 47.1 Å². The highest BCUT2D eigenvalue weighted by Crippen LogP contribution is 2.40.